The lowest BCUT2D eigenvalue weighted by molar-refractivity contribution is -0.199. The molecule has 4 heterocycles. The quantitative estimate of drug-likeness (QED) is 0.279. The Morgan fingerprint density at radius 1 is 1.05 bits per heavy atom. The summed E-state index contributed by atoms with van der Waals surface area (Å²) in [6.45, 7) is 3.96. The fourth-order valence-electron chi connectivity index (χ4n) is 4.80. The van der Waals surface area contributed by atoms with Crippen molar-refractivity contribution in [2.75, 3.05) is 11.9 Å². The van der Waals surface area contributed by atoms with Crippen LogP contribution in [-0.2, 0) is 20.8 Å². The van der Waals surface area contributed by atoms with E-state index in [4.69, 9.17) is 18.9 Å². The molecule has 4 unspecified atom stereocenters. The zero-order valence-electron chi connectivity index (χ0n) is 20.9. The first-order valence-corrected chi connectivity index (χ1v) is 12.3. The summed E-state index contributed by atoms with van der Waals surface area (Å²) < 4.78 is 25.4. The van der Waals surface area contributed by atoms with Gasteiger partial charge in [0.15, 0.2) is 29.0 Å². The number of aliphatic hydroxyl groups excluding tert-OH is 1. The fraction of sp³-hybridized carbons (Fsp3) is 0.333. The number of ether oxygens (including phenoxy) is 4. The predicted octanol–water partition coefficient (Wildman–Crippen LogP) is 3.07. The number of anilines is 1. The average Bonchev–Trinajstić information content (AvgIpc) is 3.59. The minimum absolute atomic E-state index is 0.185. The number of rotatable bonds is 7. The van der Waals surface area contributed by atoms with Crippen molar-refractivity contribution in [3.8, 4) is 5.75 Å². The SMILES string of the molecule is CC1(C)OC2C(CO)OC(n3cnc4c(NCc5ccc(OC(=O)c6ccccc6)cc5)ncnc43)C2O1. The predicted molar refractivity (Wildman–Crippen MR) is 135 cm³/mol. The van der Waals surface area contributed by atoms with Crippen LogP contribution in [-0.4, -0.2) is 61.3 Å². The lowest BCUT2D eigenvalue weighted by atomic mass is 10.1. The third-order valence-electron chi connectivity index (χ3n) is 6.54. The van der Waals surface area contributed by atoms with Gasteiger partial charge in [-0.3, -0.25) is 4.57 Å². The number of hydrogen-bond donors (Lipinski definition) is 2. The molecule has 196 valence electrons. The Bertz CT molecular complexity index is 1440. The van der Waals surface area contributed by atoms with Gasteiger partial charge in [0.1, 0.15) is 30.4 Å². The van der Waals surface area contributed by atoms with E-state index in [1.807, 2.05) is 32.0 Å². The van der Waals surface area contributed by atoms with Gasteiger partial charge in [-0.25, -0.2) is 19.7 Å². The van der Waals surface area contributed by atoms with Crippen LogP contribution in [0.4, 0.5) is 5.82 Å². The number of nitrogens with one attached hydrogen (secondary N) is 1. The second kappa shape index (κ2) is 9.76. The van der Waals surface area contributed by atoms with Gasteiger partial charge in [0.2, 0.25) is 0 Å². The van der Waals surface area contributed by atoms with Gasteiger partial charge in [-0.05, 0) is 43.7 Å². The van der Waals surface area contributed by atoms with Crippen LogP contribution in [0.25, 0.3) is 11.2 Å². The molecule has 6 rings (SSSR count). The Labute approximate surface area is 218 Å². The van der Waals surface area contributed by atoms with Crippen molar-refractivity contribution in [2.24, 2.45) is 0 Å². The molecule has 2 aliphatic rings. The molecule has 0 radical (unpaired) electrons. The van der Waals surface area contributed by atoms with Gasteiger partial charge in [0, 0.05) is 6.54 Å². The topological polar surface area (TPSA) is 130 Å². The van der Waals surface area contributed by atoms with E-state index in [1.54, 1.807) is 47.3 Å². The van der Waals surface area contributed by atoms with Gasteiger partial charge in [-0.1, -0.05) is 30.3 Å². The van der Waals surface area contributed by atoms with Crippen molar-refractivity contribution in [3.05, 3.63) is 78.4 Å². The summed E-state index contributed by atoms with van der Waals surface area (Å²) in [5.74, 6) is -0.164. The first-order chi connectivity index (χ1) is 18.4. The number of hydrogen-bond acceptors (Lipinski definition) is 10. The maximum Gasteiger partial charge on any atom is 0.343 e. The van der Waals surface area contributed by atoms with Gasteiger partial charge < -0.3 is 29.4 Å². The van der Waals surface area contributed by atoms with Gasteiger partial charge in [-0.15, -0.1) is 0 Å². The fourth-order valence-corrected chi connectivity index (χ4v) is 4.80. The highest BCUT2D eigenvalue weighted by Crippen LogP contribution is 2.43. The summed E-state index contributed by atoms with van der Waals surface area (Å²) >= 11 is 0. The van der Waals surface area contributed by atoms with Crippen LogP contribution >= 0.6 is 0 Å². The molecular weight excluding hydrogens is 490 g/mol. The van der Waals surface area contributed by atoms with E-state index in [0.29, 0.717) is 34.8 Å². The maximum absolute atomic E-state index is 12.3. The van der Waals surface area contributed by atoms with Gasteiger partial charge in [-0.2, -0.15) is 0 Å². The summed E-state index contributed by atoms with van der Waals surface area (Å²) in [5, 5.41) is 13.1. The minimum Gasteiger partial charge on any atom is -0.423 e. The Morgan fingerprint density at radius 2 is 1.82 bits per heavy atom. The molecule has 2 fully saturated rings. The second-order valence-electron chi connectivity index (χ2n) is 9.61. The van der Waals surface area contributed by atoms with Crippen molar-refractivity contribution >= 4 is 23.0 Å². The van der Waals surface area contributed by atoms with Crippen molar-refractivity contribution in [1.29, 1.82) is 0 Å². The number of benzene rings is 2. The molecule has 11 heteroatoms. The van der Waals surface area contributed by atoms with E-state index in [2.05, 4.69) is 20.3 Å². The molecule has 2 N–H and O–H groups in total. The monoisotopic (exact) mass is 517 g/mol. The molecule has 0 spiro atoms. The number of carbonyl (C=O) groups excluding carboxylic acids is 1. The third kappa shape index (κ3) is 4.61. The molecule has 2 aromatic heterocycles. The van der Waals surface area contributed by atoms with Crippen LogP contribution in [0.5, 0.6) is 5.75 Å². The number of fused-ring (bicyclic) bond motifs is 2. The summed E-state index contributed by atoms with van der Waals surface area (Å²) in [5.41, 5.74) is 2.60. The number of aliphatic hydroxyl groups is 1. The highest BCUT2D eigenvalue weighted by Gasteiger charge is 2.56. The molecule has 11 nitrogen and oxygen atoms in total. The van der Waals surface area contributed by atoms with E-state index < -0.39 is 36.3 Å². The summed E-state index contributed by atoms with van der Waals surface area (Å²) in [6, 6.07) is 16.1. The summed E-state index contributed by atoms with van der Waals surface area (Å²) in [6.07, 6.45) is 1.21. The van der Waals surface area contributed by atoms with Crippen molar-refractivity contribution < 1.29 is 28.8 Å². The van der Waals surface area contributed by atoms with Crippen LogP contribution < -0.4 is 10.1 Å². The molecule has 4 aromatic rings. The van der Waals surface area contributed by atoms with E-state index in [0.717, 1.165) is 5.56 Å². The van der Waals surface area contributed by atoms with E-state index in [9.17, 15) is 9.90 Å². The van der Waals surface area contributed by atoms with Gasteiger partial charge in [0.25, 0.3) is 0 Å². The molecular formula is C27H27N5O6. The van der Waals surface area contributed by atoms with Crippen LogP contribution in [0.3, 0.4) is 0 Å². The lowest BCUT2D eigenvalue weighted by Gasteiger charge is -2.24. The highest BCUT2D eigenvalue weighted by atomic mass is 16.8. The van der Waals surface area contributed by atoms with Crippen molar-refractivity contribution in [1.82, 2.24) is 19.5 Å². The van der Waals surface area contributed by atoms with Crippen LogP contribution in [0.15, 0.2) is 67.3 Å². The Hall–Kier alpha value is -3.90. The molecule has 2 aliphatic heterocycles. The third-order valence-corrected chi connectivity index (χ3v) is 6.54. The number of aromatic nitrogens is 4. The molecule has 4 atom stereocenters. The molecule has 0 saturated carbocycles. The van der Waals surface area contributed by atoms with Gasteiger partial charge >= 0.3 is 5.97 Å². The van der Waals surface area contributed by atoms with Crippen molar-refractivity contribution in [2.45, 2.75) is 50.7 Å². The Balaban J connectivity index is 1.15. The van der Waals surface area contributed by atoms with Crippen LogP contribution in [0.2, 0.25) is 0 Å². The molecule has 2 saturated heterocycles. The van der Waals surface area contributed by atoms with Crippen LogP contribution in [0, 0.1) is 0 Å². The minimum atomic E-state index is -0.779. The number of nitrogens with zero attached hydrogens (tertiary/aromatic N) is 4. The molecule has 0 amide bonds. The molecule has 38 heavy (non-hydrogen) atoms. The zero-order chi connectivity index (χ0) is 26.3. The normalized spacial score (nSPS) is 23.9. The maximum atomic E-state index is 12.3. The van der Waals surface area contributed by atoms with Crippen molar-refractivity contribution in [3.63, 3.8) is 0 Å². The first-order valence-electron chi connectivity index (χ1n) is 12.3. The first kappa shape index (κ1) is 24.4. The average molecular weight is 518 g/mol. The standard InChI is InChI=1S/C27H27N5O6/c1-27(2)37-21-19(13-33)36-25(22(21)38-27)32-15-31-20-23(29-14-30-24(20)32)28-12-16-8-10-18(11-9-16)35-26(34)17-6-4-3-5-7-17/h3-11,14-15,19,21-22,25,33H,12-13H2,1-2H3,(H,28,29,30). The molecule has 2 aromatic carbocycles. The Kier molecular flexibility index (Phi) is 6.28. The smallest absolute Gasteiger partial charge is 0.343 e. The lowest BCUT2D eigenvalue weighted by Crippen LogP contribution is -2.31. The van der Waals surface area contributed by atoms with E-state index in [1.165, 1.54) is 6.33 Å². The van der Waals surface area contributed by atoms with E-state index in [-0.39, 0.29) is 6.61 Å². The Morgan fingerprint density at radius 3 is 2.58 bits per heavy atom. The summed E-state index contributed by atoms with van der Waals surface area (Å²) in [4.78, 5) is 25.6. The largest absolute Gasteiger partial charge is 0.423 e. The van der Waals surface area contributed by atoms with Gasteiger partial charge in [0.05, 0.1) is 18.5 Å². The number of imidazole rings is 1. The summed E-state index contributed by atoms with van der Waals surface area (Å²) in [7, 11) is 0. The highest BCUT2D eigenvalue weighted by molar-refractivity contribution is 5.91. The molecule has 0 bridgehead atoms. The second-order valence-corrected chi connectivity index (χ2v) is 9.61. The zero-order valence-corrected chi connectivity index (χ0v) is 20.9. The van der Waals surface area contributed by atoms with Crippen LogP contribution in [0.1, 0.15) is 36.0 Å². The molecule has 0 aliphatic carbocycles. The number of esters is 1. The van der Waals surface area contributed by atoms with E-state index >= 15 is 0 Å². The number of carbonyl (C=O) groups is 1.